The Bertz CT molecular complexity index is 379. The van der Waals surface area contributed by atoms with Crippen LogP contribution in [0.2, 0.25) is 6.04 Å². The highest BCUT2D eigenvalue weighted by molar-refractivity contribution is 6.28. The van der Waals surface area contributed by atoms with Crippen molar-refractivity contribution < 1.29 is 14.3 Å². The fourth-order valence-corrected chi connectivity index (χ4v) is 2.67. The largest absolute Gasteiger partial charge is 0.540 e. The quantitative estimate of drug-likeness (QED) is 0.516. The third kappa shape index (κ3) is 6.43. The van der Waals surface area contributed by atoms with Crippen molar-refractivity contribution in [1.29, 1.82) is 0 Å². The maximum absolute atomic E-state index is 11.0. The molecule has 1 aromatic rings. The Labute approximate surface area is 117 Å². The first kappa shape index (κ1) is 15.8. The molecule has 0 amide bonds. The van der Waals surface area contributed by atoms with Gasteiger partial charge in [-0.2, -0.15) is 0 Å². The van der Waals surface area contributed by atoms with Gasteiger partial charge in [0, 0.05) is 0 Å². The predicted octanol–water partition coefficient (Wildman–Crippen LogP) is 4.16. The van der Waals surface area contributed by atoms with Gasteiger partial charge in [-0.05, 0) is 18.2 Å². The molecule has 0 aliphatic rings. The van der Waals surface area contributed by atoms with Crippen molar-refractivity contribution in [3.8, 4) is 5.75 Å². The number of carboxylic acids is 1. The maximum Gasteiger partial charge on any atom is 0.339 e. The Morgan fingerprint density at radius 2 is 1.84 bits per heavy atom. The summed E-state index contributed by atoms with van der Waals surface area (Å²) >= 11 is 0. The van der Waals surface area contributed by atoms with Gasteiger partial charge < -0.3 is 9.53 Å². The van der Waals surface area contributed by atoms with Crippen LogP contribution in [0, 0.1) is 0 Å². The Morgan fingerprint density at radius 3 is 2.58 bits per heavy atom. The minimum atomic E-state index is -0.931. The van der Waals surface area contributed by atoms with Crippen LogP contribution >= 0.6 is 0 Å². The molecule has 0 fully saturated rings. The fraction of sp³-hybridized carbons (Fsp3) is 0.533. The second kappa shape index (κ2) is 9.61. The van der Waals surface area contributed by atoms with Crippen molar-refractivity contribution in [3.05, 3.63) is 29.8 Å². The molecule has 0 saturated carbocycles. The van der Waals surface area contributed by atoms with Crippen LogP contribution in [-0.4, -0.2) is 20.8 Å². The Kier molecular flexibility index (Phi) is 7.98. The molecule has 0 aliphatic heterocycles. The Hall–Kier alpha value is -1.29. The summed E-state index contributed by atoms with van der Waals surface area (Å²) in [4.78, 5) is 11.0. The molecule has 0 unspecified atom stereocenters. The average molecular weight is 278 g/mol. The highest BCUT2D eigenvalue weighted by Crippen LogP contribution is 2.18. The maximum atomic E-state index is 11.0. The van der Waals surface area contributed by atoms with E-state index in [0.29, 0.717) is 15.5 Å². The number of unbranched alkanes of at least 4 members (excludes halogenated alkanes) is 5. The Balaban J connectivity index is 2.17. The zero-order valence-electron chi connectivity index (χ0n) is 11.5. The lowest BCUT2D eigenvalue weighted by Gasteiger charge is -2.07. The van der Waals surface area contributed by atoms with Gasteiger partial charge in [-0.3, -0.25) is 0 Å². The highest BCUT2D eigenvalue weighted by atomic mass is 28.2. The van der Waals surface area contributed by atoms with Crippen LogP contribution in [0.15, 0.2) is 24.3 Å². The van der Waals surface area contributed by atoms with E-state index in [1.165, 1.54) is 32.1 Å². The normalized spacial score (nSPS) is 10.4. The van der Waals surface area contributed by atoms with Gasteiger partial charge in [0.25, 0.3) is 0 Å². The molecule has 104 valence electrons. The Morgan fingerprint density at radius 1 is 1.16 bits per heavy atom. The molecule has 1 rings (SSSR count). The van der Waals surface area contributed by atoms with Crippen molar-refractivity contribution in [3.63, 3.8) is 0 Å². The summed E-state index contributed by atoms with van der Waals surface area (Å²) in [5.74, 6) is -0.445. The third-order valence-electron chi connectivity index (χ3n) is 2.93. The van der Waals surface area contributed by atoms with Crippen LogP contribution in [0.25, 0.3) is 0 Å². The van der Waals surface area contributed by atoms with Crippen LogP contribution in [0.1, 0.15) is 55.8 Å². The first-order valence-electron chi connectivity index (χ1n) is 6.97. The van der Waals surface area contributed by atoms with E-state index in [1.54, 1.807) is 24.3 Å². The molecule has 0 saturated heterocycles. The number of carbonyl (C=O) groups is 1. The van der Waals surface area contributed by atoms with Gasteiger partial charge in [0.05, 0.1) is 5.56 Å². The summed E-state index contributed by atoms with van der Waals surface area (Å²) in [5, 5.41) is 9.01. The molecule has 19 heavy (non-hydrogen) atoms. The fourth-order valence-electron chi connectivity index (χ4n) is 1.84. The topological polar surface area (TPSA) is 46.5 Å². The molecule has 0 spiro atoms. The third-order valence-corrected chi connectivity index (χ3v) is 3.85. The van der Waals surface area contributed by atoms with E-state index in [0.717, 1.165) is 12.5 Å². The molecule has 0 aliphatic carbocycles. The van der Waals surface area contributed by atoms with Gasteiger partial charge in [-0.25, -0.2) is 4.79 Å². The SMILES string of the molecule is CCCCCCCC[Si]Oc1ccccc1C(=O)O. The lowest BCUT2D eigenvalue weighted by molar-refractivity contribution is 0.0695. The van der Waals surface area contributed by atoms with E-state index < -0.39 is 5.97 Å². The molecule has 1 aromatic carbocycles. The van der Waals surface area contributed by atoms with E-state index in [1.807, 2.05) is 0 Å². The molecule has 3 nitrogen and oxygen atoms in total. The van der Waals surface area contributed by atoms with E-state index in [-0.39, 0.29) is 5.56 Å². The summed E-state index contributed by atoms with van der Waals surface area (Å²) < 4.78 is 5.57. The van der Waals surface area contributed by atoms with Gasteiger partial charge in [0.2, 0.25) is 0 Å². The first-order chi connectivity index (χ1) is 9.25. The number of hydrogen-bond donors (Lipinski definition) is 1. The van der Waals surface area contributed by atoms with Gasteiger partial charge in [0.15, 0.2) is 0 Å². The van der Waals surface area contributed by atoms with Crippen LogP contribution in [0.5, 0.6) is 5.75 Å². The molecule has 0 bridgehead atoms. The highest BCUT2D eigenvalue weighted by Gasteiger charge is 2.09. The van der Waals surface area contributed by atoms with Crippen LogP contribution in [-0.2, 0) is 0 Å². The molecule has 2 radical (unpaired) electrons. The van der Waals surface area contributed by atoms with E-state index >= 15 is 0 Å². The number of para-hydroxylation sites is 1. The van der Waals surface area contributed by atoms with Crippen molar-refractivity contribution in [2.45, 2.75) is 51.5 Å². The summed E-state index contributed by atoms with van der Waals surface area (Å²) in [6, 6.07) is 7.83. The molecule has 0 heterocycles. The second-order valence-corrected chi connectivity index (χ2v) is 5.56. The number of carboxylic acid groups (broad SMARTS) is 1. The second-order valence-electron chi connectivity index (χ2n) is 4.57. The van der Waals surface area contributed by atoms with Gasteiger partial charge in [0.1, 0.15) is 5.75 Å². The molecule has 4 heteroatoms. The molecular weight excluding hydrogens is 256 g/mol. The summed E-state index contributed by atoms with van der Waals surface area (Å²) in [7, 11) is 0.348. The van der Waals surface area contributed by atoms with Crippen molar-refractivity contribution >= 4 is 15.7 Å². The van der Waals surface area contributed by atoms with Crippen LogP contribution in [0.3, 0.4) is 0 Å². The minimum absolute atomic E-state index is 0.248. The standard InChI is InChI=1S/C15H22O3Si/c1-2-3-4-5-6-9-12-19-18-14-11-8-7-10-13(14)15(16)17/h7-8,10-11H,2-6,9,12H2,1H3,(H,16,17). The van der Waals surface area contributed by atoms with Gasteiger partial charge >= 0.3 is 15.7 Å². The number of benzene rings is 1. The van der Waals surface area contributed by atoms with E-state index in [4.69, 9.17) is 9.53 Å². The van der Waals surface area contributed by atoms with E-state index in [9.17, 15) is 4.79 Å². The molecule has 0 aromatic heterocycles. The smallest absolute Gasteiger partial charge is 0.339 e. The zero-order valence-corrected chi connectivity index (χ0v) is 12.5. The molecule has 0 atom stereocenters. The van der Waals surface area contributed by atoms with Crippen molar-refractivity contribution in [2.24, 2.45) is 0 Å². The summed E-state index contributed by atoms with van der Waals surface area (Å²) in [6.45, 7) is 2.22. The van der Waals surface area contributed by atoms with Crippen molar-refractivity contribution in [1.82, 2.24) is 0 Å². The van der Waals surface area contributed by atoms with Gasteiger partial charge in [-0.15, -0.1) is 0 Å². The van der Waals surface area contributed by atoms with Gasteiger partial charge in [-0.1, -0.05) is 57.6 Å². The van der Waals surface area contributed by atoms with Crippen molar-refractivity contribution in [2.75, 3.05) is 0 Å². The monoisotopic (exact) mass is 278 g/mol. The zero-order chi connectivity index (χ0) is 13.9. The average Bonchev–Trinajstić information content (AvgIpc) is 2.42. The number of hydrogen-bond acceptors (Lipinski definition) is 2. The van der Waals surface area contributed by atoms with E-state index in [2.05, 4.69) is 6.92 Å². The summed E-state index contributed by atoms with van der Waals surface area (Å²) in [6.07, 6.45) is 7.63. The number of rotatable bonds is 10. The lowest BCUT2D eigenvalue weighted by atomic mass is 10.1. The minimum Gasteiger partial charge on any atom is -0.540 e. The summed E-state index contributed by atoms with van der Waals surface area (Å²) in [5.41, 5.74) is 0.248. The molecular formula is C15H22O3Si. The number of aromatic carboxylic acids is 1. The first-order valence-corrected chi connectivity index (χ1v) is 8.09. The van der Waals surface area contributed by atoms with Crippen LogP contribution in [0.4, 0.5) is 0 Å². The van der Waals surface area contributed by atoms with Crippen LogP contribution < -0.4 is 4.43 Å². The lowest BCUT2D eigenvalue weighted by Crippen LogP contribution is -2.06. The molecule has 1 N–H and O–H groups in total. The predicted molar refractivity (Wildman–Crippen MR) is 78.0 cm³/mol.